The van der Waals surface area contributed by atoms with Crippen LogP contribution in [-0.2, 0) is 9.59 Å². The van der Waals surface area contributed by atoms with Crippen LogP contribution in [0.1, 0.15) is 19.8 Å². The van der Waals surface area contributed by atoms with E-state index in [2.05, 4.69) is 6.58 Å². The van der Waals surface area contributed by atoms with Crippen molar-refractivity contribution in [2.24, 2.45) is 11.5 Å². The minimum absolute atomic E-state index is 0.115. The third-order valence-electron chi connectivity index (χ3n) is 1.89. The molecule has 1 unspecified atom stereocenters. The molecule has 0 radical (unpaired) electrons. The molecule has 0 rings (SSSR count). The van der Waals surface area contributed by atoms with Crippen molar-refractivity contribution in [3.8, 4) is 0 Å². The lowest BCUT2D eigenvalue weighted by Crippen LogP contribution is -2.45. The highest BCUT2D eigenvalue weighted by Crippen LogP contribution is 1.99. The van der Waals surface area contributed by atoms with Crippen LogP contribution < -0.4 is 11.5 Å². The van der Waals surface area contributed by atoms with E-state index in [4.69, 9.17) is 11.5 Å². The van der Waals surface area contributed by atoms with Gasteiger partial charge in [-0.2, -0.15) is 0 Å². The highest BCUT2D eigenvalue weighted by atomic mass is 16.2. The molecule has 0 saturated heterocycles. The molecule has 0 aromatic heterocycles. The molecule has 0 aromatic rings. The quantitative estimate of drug-likeness (QED) is 0.564. The molecule has 5 heteroatoms. The summed E-state index contributed by atoms with van der Waals surface area (Å²) in [5.74, 6) is -0.818. The molecule has 0 saturated carbocycles. The van der Waals surface area contributed by atoms with Gasteiger partial charge in [0.05, 0.1) is 12.5 Å². The van der Waals surface area contributed by atoms with Gasteiger partial charge in [0.15, 0.2) is 0 Å². The second-order valence-corrected chi connectivity index (χ2v) is 3.35. The molecule has 86 valence electrons. The van der Waals surface area contributed by atoms with Gasteiger partial charge in [-0.15, -0.1) is 6.58 Å². The SMILES string of the molecule is C=CCN(CCC)C(=O)C(N)CC(N)=O. The molecule has 0 fully saturated rings. The summed E-state index contributed by atoms with van der Waals surface area (Å²) in [5, 5.41) is 0. The van der Waals surface area contributed by atoms with Crippen LogP contribution in [0.4, 0.5) is 0 Å². The van der Waals surface area contributed by atoms with Crippen molar-refractivity contribution in [2.75, 3.05) is 13.1 Å². The van der Waals surface area contributed by atoms with Crippen LogP contribution in [0.15, 0.2) is 12.7 Å². The van der Waals surface area contributed by atoms with E-state index in [1.54, 1.807) is 11.0 Å². The maximum absolute atomic E-state index is 11.7. The zero-order chi connectivity index (χ0) is 11.8. The fourth-order valence-electron chi connectivity index (χ4n) is 1.26. The summed E-state index contributed by atoms with van der Waals surface area (Å²) in [6.45, 7) is 6.57. The first-order valence-electron chi connectivity index (χ1n) is 4.96. The molecule has 15 heavy (non-hydrogen) atoms. The number of primary amides is 1. The zero-order valence-corrected chi connectivity index (χ0v) is 9.11. The lowest BCUT2D eigenvalue weighted by Gasteiger charge is -2.23. The summed E-state index contributed by atoms with van der Waals surface area (Å²) in [5.41, 5.74) is 10.5. The fraction of sp³-hybridized carbons (Fsp3) is 0.600. The molecule has 0 spiro atoms. The Labute approximate surface area is 90.1 Å². The Morgan fingerprint density at radius 3 is 2.53 bits per heavy atom. The molecule has 0 aliphatic heterocycles. The van der Waals surface area contributed by atoms with Crippen LogP contribution in [0.5, 0.6) is 0 Å². The van der Waals surface area contributed by atoms with E-state index in [9.17, 15) is 9.59 Å². The molecule has 0 aromatic carbocycles. The predicted octanol–water partition coefficient (Wildman–Crippen LogP) is -0.386. The highest BCUT2D eigenvalue weighted by molar-refractivity contribution is 5.87. The summed E-state index contributed by atoms with van der Waals surface area (Å²) in [7, 11) is 0. The van der Waals surface area contributed by atoms with Crippen LogP contribution in [0.25, 0.3) is 0 Å². The minimum atomic E-state index is -0.839. The maximum atomic E-state index is 11.7. The molecule has 4 N–H and O–H groups in total. The van der Waals surface area contributed by atoms with E-state index < -0.39 is 11.9 Å². The second kappa shape index (κ2) is 7.00. The number of carbonyl (C=O) groups excluding carboxylic acids is 2. The number of nitrogens with two attached hydrogens (primary N) is 2. The largest absolute Gasteiger partial charge is 0.370 e. The summed E-state index contributed by atoms with van der Waals surface area (Å²) in [6, 6.07) is -0.839. The Morgan fingerprint density at radius 2 is 2.13 bits per heavy atom. The van der Waals surface area contributed by atoms with Gasteiger partial charge in [0.1, 0.15) is 0 Å². The Hall–Kier alpha value is -1.36. The van der Waals surface area contributed by atoms with Crippen molar-refractivity contribution >= 4 is 11.8 Å². The van der Waals surface area contributed by atoms with Crippen molar-refractivity contribution in [3.63, 3.8) is 0 Å². The molecular formula is C10H19N3O2. The van der Waals surface area contributed by atoms with E-state index in [0.29, 0.717) is 13.1 Å². The summed E-state index contributed by atoms with van der Waals surface area (Å²) >= 11 is 0. The number of hydrogen-bond donors (Lipinski definition) is 2. The third-order valence-corrected chi connectivity index (χ3v) is 1.89. The van der Waals surface area contributed by atoms with E-state index >= 15 is 0 Å². The summed E-state index contributed by atoms with van der Waals surface area (Å²) in [6.07, 6.45) is 2.35. The van der Waals surface area contributed by atoms with Gasteiger partial charge < -0.3 is 16.4 Å². The maximum Gasteiger partial charge on any atom is 0.240 e. The second-order valence-electron chi connectivity index (χ2n) is 3.35. The Kier molecular flexibility index (Phi) is 6.37. The average molecular weight is 213 g/mol. The van der Waals surface area contributed by atoms with Gasteiger partial charge >= 0.3 is 0 Å². The molecule has 1 atom stereocenters. The van der Waals surface area contributed by atoms with E-state index in [1.807, 2.05) is 6.92 Å². The predicted molar refractivity (Wildman–Crippen MR) is 58.9 cm³/mol. The zero-order valence-electron chi connectivity index (χ0n) is 9.11. The van der Waals surface area contributed by atoms with E-state index in [-0.39, 0.29) is 12.3 Å². The number of rotatable bonds is 7. The molecule has 0 bridgehead atoms. The summed E-state index contributed by atoms with van der Waals surface area (Å²) in [4.78, 5) is 23.9. The number of carbonyl (C=O) groups is 2. The fourth-order valence-corrected chi connectivity index (χ4v) is 1.26. The third kappa shape index (κ3) is 5.17. The van der Waals surface area contributed by atoms with Crippen LogP contribution in [0.3, 0.4) is 0 Å². The number of nitrogens with zero attached hydrogens (tertiary/aromatic N) is 1. The number of amides is 2. The van der Waals surface area contributed by atoms with Crippen molar-refractivity contribution < 1.29 is 9.59 Å². The normalized spacial score (nSPS) is 11.9. The van der Waals surface area contributed by atoms with Crippen molar-refractivity contribution in [1.29, 1.82) is 0 Å². The topological polar surface area (TPSA) is 89.4 Å². The van der Waals surface area contributed by atoms with Crippen LogP contribution in [0.2, 0.25) is 0 Å². The summed E-state index contributed by atoms with van der Waals surface area (Å²) < 4.78 is 0. The molecule has 2 amide bonds. The Bertz CT molecular complexity index is 241. The van der Waals surface area contributed by atoms with Gasteiger partial charge in [-0.25, -0.2) is 0 Å². The monoisotopic (exact) mass is 213 g/mol. The van der Waals surface area contributed by atoms with Gasteiger partial charge in [-0.05, 0) is 6.42 Å². The van der Waals surface area contributed by atoms with Gasteiger partial charge in [0, 0.05) is 13.1 Å². The van der Waals surface area contributed by atoms with E-state index in [1.165, 1.54) is 0 Å². The molecular weight excluding hydrogens is 194 g/mol. The molecule has 0 heterocycles. The van der Waals surface area contributed by atoms with Gasteiger partial charge in [0.25, 0.3) is 0 Å². The number of hydrogen-bond acceptors (Lipinski definition) is 3. The Morgan fingerprint density at radius 1 is 1.53 bits per heavy atom. The van der Waals surface area contributed by atoms with Crippen LogP contribution in [0, 0.1) is 0 Å². The van der Waals surface area contributed by atoms with Gasteiger partial charge in [-0.1, -0.05) is 13.0 Å². The smallest absolute Gasteiger partial charge is 0.240 e. The first kappa shape index (κ1) is 13.6. The molecule has 5 nitrogen and oxygen atoms in total. The standard InChI is InChI=1S/C10H19N3O2/c1-3-5-13(6-4-2)10(15)8(11)7-9(12)14/h3,8H,1,4-7,11H2,2H3,(H2,12,14). The first-order valence-corrected chi connectivity index (χ1v) is 4.96. The van der Waals surface area contributed by atoms with E-state index in [0.717, 1.165) is 6.42 Å². The van der Waals surface area contributed by atoms with Crippen LogP contribution in [-0.4, -0.2) is 35.8 Å². The minimum Gasteiger partial charge on any atom is -0.370 e. The molecule has 0 aliphatic carbocycles. The van der Waals surface area contributed by atoms with Crippen LogP contribution >= 0.6 is 0 Å². The average Bonchev–Trinajstić information content (AvgIpc) is 2.15. The molecule has 0 aliphatic rings. The Balaban J connectivity index is 4.33. The lowest BCUT2D eigenvalue weighted by molar-refractivity contribution is -0.134. The lowest BCUT2D eigenvalue weighted by atomic mass is 10.2. The van der Waals surface area contributed by atoms with Gasteiger partial charge in [-0.3, -0.25) is 9.59 Å². The van der Waals surface area contributed by atoms with Crippen molar-refractivity contribution in [3.05, 3.63) is 12.7 Å². The first-order chi connectivity index (χ1) is 7.02. The van der Waals surface area contributed by atoms with Crippen molar-refractivity contribution in [1.82, 2.24) is 4.90 Å². The highest BCUT2D eigenvalue weighted by Gasteiger charge is 2.20. The van der Waals surface area contributed by atoms with Gasteiger partial charge in [0.2, 0.25) is 11.8 Å². The van der Waals surface area contributed by atoms with Crippen molar-refractivity contribution in [2.45, 2.75) is 25.8 Å².